The van der Waals surface area contributed by atoms with Crippen LogP contribution in [0.4, 0.5) is 5.69 Å². The Kier molecular flexibility index (Phi) is 4.41. The molecule has 0 aliphatic rings. The van der Waals surface area contributed by atoms with Gasteiger partial charge in [-0.25, -0.2) is 0 Å². The minimum Gasteiger partial charge on any atom is -0.298 e. The van der Waals surface area contributed by atoms with Gasteiger partial charge in [0.05, 0.1) is 5.69 Å². The van der Waals surface area contributed by atoms with Crippen molar-refractivity contribution in [2.24, 2.45) is 0 Å². The molecule has 0 fully saturated rings. The molecule has 0 atom stereocenters. The summed E-state index contributed by atoms with van der Waals surface area (Å²) in [5.41, 5.74) is 7.46. The monoisotopic (exact) mass is 204 g/mol. The third-order valence-electron chi connectivity index (χ3n) is 1.85. The number of hydrazine groups is 1. The fraction of sp³-hybridized carbons (Fsp3) is 0.250. The molecule has 0 aliphatic heterocycles. The van der Waals surface area contributed by atoms with Crippen LogP contribution < -0.4 is 10.9 Å². The van der Waals surface area contributed by atoms with E-state index in [1.165, 1.54) is 6.08 Å². The van der Waals surface area contributed by atoms with Gasteiger partial charge in [0.15, 0.2) is 0 Å². The number of aryl methyl sites for hydroxylation is 1. The Morgan fingerprint density at radius 1 is 1.47 bits per heavy atom. The molecule has 0 radical (unpaired) electrons. The van der Waals surface area contributed by atoms with Crippen molar-refractivity contribution in [2.75, 3.05) is 5.43 Å². The second-order valence-corrected chi connectivity index (χ2v) is 3.29. The first-order valence-corrected chi connectivity index (χ1v) is 5.01. The Morgan fingerprint density at radius 3 is 2.93 bits per heavy atom. The van der Waals surface area contributed by atoms with Crippen LogP contribution in [0.3, 0.4) is 0 Å². The standard InChI is InChI=1S/C12H16N2O/c1-3-4-8-12(15)14-13-11-7-5-6-10(2)9-11/h4-9,13H,3H2,1-2H3,(H,14,15)/b8-4+. The van der Waals surface area contributed by atoms with Gasteiger partial charge in [0.2, 0.25) is 0 Å². The van der Waals surface area contributed by atoms with Crippen molar-refractivity contribution < 1.29 is 4.79 Å². The minimum atomic E-state index is -0.140. The van der Waals surface area contributed by atoms with Crippen molar-refractivity contribution in [1.82, 2.24) is 5.43 Å². The molecule has 0 heterocycles. The van der Waals surface area contributed by atoms with Crippen LogP contribution in [0.2, 0.25) is 0 Å². The molecule has 0 saturated carbocycles. The molecule has 3 heteroatoms. The number of allylic oxidation sites excluding steroid dienone is 1. The number of hydrogen-bond donors (Lipinski definition) is 2. The van der Waals surface area contributed by atoms with Gasteiger partial charge in [-0.2, -0.15) is 0 Å². The highest BCUT2D eigenvalue weighted by Gasteiger charge is 1.94. The molecule has 3 nitrogen and oxygen atoms in total. The third kappa shape index (κ3) is 4.31. The molecule has 1 aromatic carbocycles. The summed E-state index contributed by atoms with van der Waals surface area (Å²) in [6, 6.07) is 7.80. The Morgan fingerprint density at radius 2 is 2.27 bits per heavy atom. The normalized spacial score (nSPS) is 10.3. The van der Waals surface area contributed by atoms with E-state index in [1.54, 1.807) is 0 Å². The van der Waals surface area contributed by atoms with Crippen LogP contribution in [0.15, 0.2) is 36.4 Å². The molecule has 0 aliphatic carbocycles. The summed E-state index contributed by atoms with van der Waals surface area (Å²) in [5, 5.41) is 0. The highest BCUT2D eigenvalue weighted by atomic mass is 16.2. The van der Waals surface area contributed by atoms with Crippen molar-refractivity contribution in [3.63, 3.8) is 0 Å². The first-order chi connectivity index (χ1) is 7.22. The van der Waals surface area contributed by atoms with Crippen LogP contribution in [-0.2, 0) is 4.79 Å². The van der Waals surface area contributed by atoms with Crippen LogP contribution in [0.25, 0.3) is 0 Å². The number of benzene rings is 1. The lowest BCUT2D eigenvalue weighted by atomic mass is 10.2. The van der Waals surface area contributed by atoms with Crippen molar-refractivity contribution in [2.45, 2.75) is 20.3 Å². The van der Waals surface area contributed by atoms with Crippen LogP contribution in [0.1, 0.15) is 18.9 Å². The van der Waals surface area contributed by atoms with Gasteiger partial charge in [-0.05, 0) is 31.0 Å². The molecule has 1 amide bonds. The van der Waals surface area contributed by atoms with Gasteiger partial charge in [-0.3, -0.25) is 15.6 Å². The van der Waals surface area contributed by atoms with Crippen molar-refractivity contribution in [3.8, 4) is 0 Å². The number of hydrogen-bond acceptors (Lipinski definition) is 2. The quantitative estimate of drug-likeness (QED) is 0.584. The highest BCUT2D eigenvalue weighted by molar-refractivity contribution is 5.88. The molecule has 80 valence electrons. The first-order valence-electron chi connectivity index (χ1n) is 5.01. The van der Waals surface area contributed by atoms with Crippen LogP contribution >= 0.6 is 0 Å². The maximum absolute atomic E-state index is 11.2. The molecule has 0 bridgehead atoms. The smallest absolute Gasteiger partial charge is 0.261 e. The number of anilines is 1. The molecule has 15 heavy (non-hydrogen) atoms. The lowest BCUT2D eigenvalue weighted by Crippen LogP contribution is -2.27. The van der Waals surface area contributed by atoms with Crippen molar-refractivity contribution >= 4 is 11.6 Å². The van der Waals surface area contributed by atoms with Crippen LogP contribution in [-0.4, -0.2) is 5.91 Å². The SMILES string of the molecule is CC/C=C/C(=O)NNc1cccc(C)c1. The maximum Gasteiger partial charge on any atom is 0.261 e. The average Bonchev–Trinajstić information content (AvgIpc) is 2.23. The topological polar surface area (TPSA) is 41.1 Å². The lowest BCUT2D eigenvalue weighted by Gasteiger charge is -2.06. The summed E-state index contributed by atoms with van der Waals surface area (Å²) in [7, 11) is 0. The largest absolute Gasteiger partial charge is 0.298 e. The van der Waals surface area contributed by atoms with E-state index in [4.69, 9.17) is 0 Å². The van der Waals surface area contributed by atoms with E-state index in [0.717, 1.165) is 17.7 Å². The molecular weight excluding hydrogens is 188 g/mol. The molecule has 0 aromatic heterocycles. The van der Waals surface area contributed by atoms with Gasteiger partial charge in [0.25, 0.3) is 5.91 Å². The van der Waals surface area contributed by atoms with E-state index < -0.39 is 0 Å². The summed E-state index contributed by atoms with van der Waals surface area (Å²) in [5.74, 6) is -0.140. The van der Waals surface area contributed by atoms with Crippen molar-refractivity contribution in [1.29, 1.82) is 0 Å². The fourth-order valence-electron chi connectivity index (χ4n) is 1.12. The Balaban J connectivity index is 2.43. The fourth-order valence-corrected chi connectivity index (χ4v) is 1.12. The van der Waals surface area contributed by atoms with Gasteiger partial charge >= 0.3 is 0 Å². The minimum absolute atomic E-state index is 0.140. The van der Waals surface area contributed by atoms with E-state index in [9.17, 15) is 4.79 Å². The number of carbonyl (C=O) groups excluding carboxylic acids is 1. The zero-order valence-electron chi connectivity index (χ0n) is 9.08. The maximum atomic E-state index is 11.2. The second-order valence-electron chi connectivity index (χ2n) is 3.29. The predicted octanol–water partition coefficient (Wildman–Crippen LogP) is 2.40. The molecule has 0 unspecified atom stereocenters. The Bertz CT molecular complexity index is 358. The van der Waals surface area contributed by atoms with Crippen LogP contribution in [0, 0.1) is 6.92 Å². The molecule has 2 N–H and O–H groups in total. The van der Waals surface area contributed by atoms with Gasteiger partial charge in [0, 0.05) is 6.08 Å². The zero-order valence-corrected chi connectivity index (χ0v) is 9.08. The number of amides is 1. The van der Waals surface area contributed by atoms with Gasteiger partial charge in [-0.1, -0.05) is 25.1 Å². The van der Waals surface area contributed by atoms with Crippen molar-refractivity contribution in [3.05, 3.63) is 42.0 Å². The first kappa shape index (κ1) is 11.3. The summed E-state index contributed by atoms with van der Waals surface area (Å²) in [6.45, 7) is 3.99. The third-order valence-corrected chi connectivity index (χ3v) is 1.85. The predicted molar refractivity (Wildman–Crippen MR) is 62.4 cm³/mol. The van der Waals surface area contributed by atoms with Gasteiger partial charge < -0.3 is 0 Å². The van der Waals surface area contributed by atoms with Gasteiger partial charge in [0.1, 0.15) is 0 Å². The molecule has 1 aromatic rings. The highest BCUT2D eigenvalue weighted by Crippen LogP contribution is 2.07. The van der Waals surface area contributed by atoms with E-state index in [0.29, 0.717) is 0 Å². The Hall–Kier alpha value is -1.77. The number of carbonyl (C=O) groups is 1. The summed E-state index contributed by atoms with van der Waals surface area (Å²) >= 11 is 0. The summed E-state index contributed by atoms with van der Waals surface area (Å²) < 4.78 is 0. The molecule has 0 spiro atoms. The van der Waals surface area contributed by atoms with E-state index in [2.05, 4.69) is 10.9 Å². The molecular formula is C12H16N2O. The van der Waals surface area contributed by atoms with E-state index in [-0.39, 0.29) is 5.91 Å². The second kappa shape index (κ2) is 5.86. The summed E-state index contributed by atoms with van der Waals surface area (Å²) in [6.07, 6.45) is 4.19. The molecule has 0 saturated heterocycles. The van der Waals surface area contributed by atoms with Gasteiger partial charge in [-0.15, -0.1) is 0 Å². The molecule has 1 rings (SSSR count). The Labute approximate surface area is 90.2 Å². The average molecular weight is 204 g/mol. The lowest BCUT2D eigenvalue weighted by molar-refractivity contribution is -0.116. The zero-order chi connectivity index (χ0) is 11.1. The van der Waals surface area contributed by atoms with E-state index in [1.807, 2.05) is 44.2 Å². The van der Waals surface area contributed by atoms with Crippen LogP contribution in [0.5, 0.6) is 0 Å². The number of rotatable bonds is 4. The van der Waals surface area contributed by atoms with E-state index >= 15 is 0 Å². The number of nitrogens with one attached hydrogen (secondary N) is 2. The summed E-state index contributed by atoms with van der Waals surface area (Å²) in [4.78, 5) is 11.2.